The number of ether oxygens (including phenoxy) is 1. The number of carbonyl (C=O) groups excluding carboxylic acids is 1. The first-order valence-corrected chi connectivity index (χ1v) is 6.97. The van der Waals surface area contributed by atoms with Gasteiger partial charge in [-0.05, 0) is 40.0 Å². The highest BCUT2D eigenvalue weighted by atomic mass is 32.1. The van der Waals surface area contributed by atoms with E-state index in [1.54, 1.807) is 5.38 Å². The molecule has 0 fully saturated rings. The third-order valence-electron chi connectivity index (χ3n) is 2.82. The number of thiophene rings is 1. The van der Waals surface area contributed by atoms with Crippen molar-refractivity contribution >= 4 is 17.4 Å². The molecular weight excluding hydrogens is 253 g/mol. The summed E-state index contributed by atoms with van der Waals surface area (Å²) < 4.78 is 18.7. The number of alkyl carbamates (subject to hydrolysis) is 1. The van der Waals surface area contributed by atoms with Crippen LogP contribution in [0.1, 0.15) is 37.6 Å². The van der Waals surface area contributed by atoms with Crippen molar-refractivity contribution in [3.05, 3.63) is 21.6 Å². The zero-order valence-corrected chi connectivity index (χ0v) is 11.7. The Morgan fingerprint density at radius 3 is 2.94 bits per heavy atom. The van der Waals surface area contributed by atoms with Gasteiger partial charge in [0.15, 0.2) is 0 Å². The second-order valence-electron chi connectivity index (χ2n) is 5.57. The van der Waals surface area contributed by atoms with Gasteiger partial charge in [-0.1, -0.05) is 0 Å². The lowest BCUT2D eigenvalue weighted by molar-refractivity contribution is 0.0500. The Morgan fingerprint density at radius 1 is 1.56 bits per heavy atom. The van der Waals surface area contributed by atoms with Crippen molar-refractivity contribution in [2.45, 2.75) is 51.7 Å². The molecule has 0 radical (unpaired) electrons. The van der Waals surface area contributed by atoms with Gasteiger partial charge in [-0.2, -0.15) is 0 Å². The topological polar surface area (TPSA) is 38.3 Å². The van der Waals surface area contributed by atoms with Crippen LogP contribution in [-0.4, -0.2) is 17.7 Å². The minimum Gasteiger partial charge on any atom is -0.444 e. The Labute approximate surface area is 110 Å². The van der Waals surface area contributed by atoms with Crippen molar-refractivity contribution in [2.24, 2.45) is 0 Å². The Morgan fingerprint density at radius 2 is 2.28 bits per heavy atom. The molecule has 0 spiro atoms. The van der Waals surface area contributed by atoms with Gasteiger partial charge in [0, 0.05) is 21.9 Å². The Hall–Kier alpha value is -1.10. The minimum atomic E-state index is -0.502. The molecule has 1 amide bonds. The number of carbonyl (C=O) groups is 1. The highest BCUT2D eigenvalue weighted by Gasteiger charge is 2.25. The van der Waals surface area contributed by atoms with Crippen LogP contribution in [0.25, 0.3) is 0 Å². The van der Waals surface area contributed by atoms with Crippen molar-refractivity contribution < 1.29 is 13.9 Å². The van der Waals surface area contributed by atoms with E-state index < -0.39 is 11.7 Å². The van der Waals surface area contributed by atoms with Gasteiger partial charge in [0.05, 0.1) is 0 Å². The third-order valence-corrected chi connectivity index (χ3v) is 3.88. The number of rotatable bonds is 1. The molecule has 18 heavy (non-hydrogen) atoms. The highest BCUT2D eigenvalue weighted by molar-refractivity contribution is 7.10. The first-order valence-electron chi connectivity index (χ1n) is 6.09. The van der Waals surface area contributed by atoms with Gasteiger partial charge < -0.3 is 10.1 Å². The molecule has 1 aliphatic carbocycles. The molecule has 1 aliphatic rings. The van der Waals surface area contributed by atoms with Gasteiger partial charge in [-0.15, -0.1) is 11.3 Å². The van der Waals surface area contributed by atoms with Crippen molar-refractivity contribution in [3.8, 4) is 0 Å². The monoisotopic (exact) mass is 271 g/mol. The Balaban J connectivity index is 1.94. The number of fused-ring (bicyclic) bond motifs is 1. The molecule has 0 saturated heterocycles. The number of nitrogens with one attached hydrogen (secondary N) is 1. The quantitative estimate of drug-likeness (QED) is 0.851. The number of halogens is 1. The molecular formula is C13H18FNO2S. The second kappa shape index (κ2) is 4.88. The maximum atomic E-state index is 13.5. The van der Waals surface area contributed by atoms with Gasteiger partial charge in [-0.25, -0.2) is 9.18 Å². The lowest BCUT2D eigenvalue weighted by Crippen LogP contribution is -2.41. The summed E-state index contributed by atoms with van der Waals surface area (Å²) in [4.78, 5) is 12.7. The number of hydrogen-bond acceptors (Lipinski definition) is 3. The van der Waals surface area contributed by atoms with Gasteiger partial charge >= 0.3 is 6.09 Å². The first-order chi connectivity index (χ1) is 8.35. The van der Waals surface area contributed by atoms with Crippen molar-refractivity contribution in [3.63, 3.8) is 0 Å². The predicted molar refractivity (Wildman–Crippen MR) is 69.5 cm³/mol. The van der Waals surface area contributed by atoms with Crippen LogP contribution in [0.15, 0.2) is 5.38 Å². The van der Waals surface area contributed by atoms with Crippen molar-refractivity contribution in [1.82, 2.24) is 5.32 Å². The fraction of sp³-hybridized carbons (Fsp3) is 0.615. The van der Waals surface area contributed by atoms with Gasteiger partial charge in [0.1, 0.15) is 11.4 Å². The molecule has 1 aromatic rings. The molecule has 1 N–H and O–H groups in total. The zero-order chi connectivity index (χ0) is 13.3. The molecule has 0 saturated carbocycles. The van der Waals surface area contributed by atoms with Gasteiger partial charge in [0.2, 0.25) is 0 Å². The molecule has 0 aromatic carbocycles. The van der Waals surface area contributed by atoms with E-state index in [4.69, 9.17) is 4.74 Å². The maximum Gasteiger partial charge on any atom is 0.407 e. The van der Waals surface area contributed by atoms with Crippen LogP contribution in [0.3, 0.4) is 0 Å². The van der Waals surface area contributed by atoms with Crippen LogP contribution in [0, 0.1) is 5.82 Å². The fourth-order valence-electron chi connectivity index (χ4n) is 2.07. The van der Waals surface area contributed by atoms with E-state index in [9.17, 15) is 9.18 Å². The second-order valence-corrected chi connectivity index (χ2v) is 6.54. The lowest BCUT2D eigenvalue weighted by atomic mass is 9.94. The molecule has 0 unspecified atom stereocenters. The molecule has 1 aromatic heterocycles. The van der Waals surface area contributed by atoms with Crippen molar-refractivity contribution in [1.29, 1.82) is 0 Å². The molecule has 1 heterocycles. The average Bonchev–Trinajstić information content (AvgIpc) is 2.57. The summed E-state index contributed by atoms with van der Waals surface area (Å²) >= 11 is 1.46. The van der Waals surface area contributed by atoms with Crippen LogP contribution in [0.2, 0.25) is 0 Å². The summed E-state index contributed by atoms with van der Waals surface area (Å²) in [5.74, 6) is -0.148. The molecule has 100 valence electrons. The predicted octanol–water partition coefficient (Wildman–Crippen LogP) is 3.27. The lowest BCUT2D eigenvalue weighted by Gasteiger charge is -2.26. The molecule has 2 rings (SSSR count). The molecule has 5 heteroatoms. The van der Waals surface area contributed by atoms with E-state index in [2.05, 4.69) is 5.32 Å². The van der Waals surface area contributed by atoms with E-state index in [1.807, 2.05) is 20.8 Å². The average molecular weight is 271 g/mol. The van der Waals surface area contributed by atoms with Crippen LogP contribution < -0.4 is 5.32 Å². The minimum absolute atomic E-state index is 0.0311. The van der Waals surface area contributed by atoms with Gasteiger partial charge in [0.25, 0.3) is 0 Å². The van der Waals surface area contributed by atoms with E-state index in [-0.39, 0.29) is 11.9 Å². The summed E-state index contributed by atoms with van der Waals surface area (Å²) in [6, 6.07) is -0.0311. The van der Waals surface area contributed by atoms with Gasteiger partial charge in [-0.3, -0.25) is 0 Å². The van der Waals surface area contributed by atoms with E-state index >= 15 is 0 Å². The summed E-state index contributed by atoms with van der Waals surface area (Å²) in [6.07, 6.45) is 1.80. The highest BCUT2D eigenvalue weighted by Crippen LogP contribution is 2.29. The number of hydrogen-bond donors (Lipinski definition) is 1. The van der Waals surface area contributed by atoms with Crippen LogP contribution >= 0.6 is 11.3 Å². The molecule has 1 atom stereocenters. The number of amides is 1. The summed E-state index contributed by atoms with van der Waals surface area (Å²) in [5.41, 5.74) is 0.254. The van der Waals surface area contributed by atoms with E-state index in [0.29, 0.717) is 6.42 Å². The fourth-order valence-corrected chi connectivity index (χ4v) is 3.02. The normalized spacial score (nSPS) is 19.2. The SMILES string of the molecule is CC(C)(C)OC(=O)N[C@@H]1CCc2scc(F)c2C1. The maximum absolute atomic E-state index is 13.5. The molecule has 0 aliphatic heterocycles. The van der Waals surface area contributed by atoms with Crippen LogP contribution in [0.4, 0.5) is 9.18 Å². The third kappa shape index (κ3) is 3.22. The number of aryl methyl sites for hydroxylation is 1. The summed E-state index contributed by atoms with van der Waals surface area (Å²) in [6.45, 7) is 5.47. The van der Waals surface area contributed by atoms with Crippen LogP contribution in [-0.2, 0) is 17.6 Å². The first kappa shape index (κ1) is 13.3. The Bertz CT molecular complexity index is 450. The largest absolute Gasteiger partial charge is 0.444 e. The standard InChI is InChI=1S/C13H18FNO2S/c1-13(2,3)17-12(16)15-8-4-5-11-9(6-8)10(14)7-18-11/h7-8H,4-6H2,1-3H3,(H,15,16)/t8-/m1/s1. The molecule has 0 bridgehead atoms. The molecule has 3 nitrogen and oxygen atoms in total. The summed E-state index contributed by atoms with van der Waals surface area (Å²) in [7, 11) is 0. The smallest absolute Gasteiger partial charge is 0.407 e. The van der Waals surface area contributed by atoms with E-state index in [1.165, 1.54) is 11.3 Å². The van der Waals surface area contributed by atoms with Crippen LogP contribution in [0.5, 0.6) is 0 Å². The van der Waals surface area contributed by atoms with E-state index in [0.717, 1.165) is 23.3 Å². The Kier molecular flexibility index (Phi) is 3.61. The zero-order valence-electron chi connectivity index (χ0n) is 10.9. The van der Waals surface area contributed by atoms with Crippen molar-refractivity contribution in [2.75, 3.05) is 0 Å². The summed E-state index contributed by atoms with van der Waals surface area (Å²) in [5, 5.41) is 4.35.